The van der Waals surface area contributed by atoms with E-state index in [-0.39, 0.29) is 0 Å². The highest BCUT2D eigenvalue weighted by Crippen LogP contribution is 2.21. The zero-order valence-corrected chi connectivity index (χ0v) is 13.9. The van der Waals surface area contributed by atoms with E-state index in [1.807, 2.05) is 0 Å². The van der Waals surface area contributed by atoms with Crippen molar-refractivity contribution in [2.75, 3.05) is 0 Å². The van der Waals surface area contributed by atoms with Crippen LogP contribution in [-0.4, -0.2) is 40.9 Å². The van der Waals surface area contributed by atoms with E-state index < -0.39 is 41.2 Å². The summed E-state index contributed by atoms with van der Waals surface area (Å²) in [6, 6.07) is 0. The van der Waals surface area contributed by atoms with E-state index >= 15 is 0 Å². The maximum atomic E-state index is 11.8. The molecule has 0 aliphatic carbocycles. The number of hydrogen-bond acceptors (Lipinski definition) is 5. The summed E-state index contributed by atoms with van der Waals surface area (Å²) in [6.45, 7) is 9.92. The molecule has 0 radical (unpaired) electrons. The van der Waals surface area contributed by atoms with Crippen molar-refractivity contribution in [2.24, 2.45) is 11.1 Å². The van der Waals surface area contributed by atoms with Gasteiger partial charge >= 0.3 is 18.1 Å². The third-order valence-electron chi connectivity index (χ3n) is 2.08. The van der Waals surface area contributed by atoms with Gasteiger partial charge in [0.05, 0.1) is 6.17 Å². The summed E-state index contributed by atoms with van der Waals surface area (Å²) in [5.41, 5.74) is 3.59. The number of ether oxygens (including phenoxy) is 1. The highest BCUT2D eigenvalue weighted by atomic mass is 19.4. The lowest BCUT2D eigenvalue weighted by Gasteiger charge is -2.28. The van der Waals surface area contributed by atoms with Crippen LogP contribution in [0.4, 0.5) is 13.2 Å². The molecule has 0 aliphatic heterocycles. The summed E-state index contributed by atoms with van der Waals surface area (Å²) < 4.78 is 36.9. The van der Waals surface area contributed by atoms with Crippen molar-refractivity contribution in [1.29, 1.82) is 0 Å². The predicted octanol–water partition coefficient (Wildman–Crippen LogP) is 1.41. The van der Waals surface area contributed by atoms with Crippen LogP contribution in [0.25, 0.3) is 0 Å². The van der Waals surface area contributed by atoms with Crippen LogP contribution in [0.1, 0.15) is 41.5 Å². The van der Waals surface area contributed by atoms with Crippen LogP contribution in [0, 0.1) is 5.41 Å². The van der Waals surface area contributed by atoms with Gasteiger partial charge in [-0.15, -0.1) is 0 Å². The van der Waals surface area contributed by atoms with Crippen molar-refractivity contribution in [3.63, 3.8) is 0 Å². The number of alkyl halides is 3. The lowest BCUT2D eigenvalue weighted by molar-refractivity contribution is -0.192. The van der Waals surface area contributed by atoms with Crippen molar-refractivity contribution < 1.29 is 37.4 Å². The maximum Gasteiger partial charge on any atom is 0.490 e. The van der Waals surface area contributed by atoms with Gasteiger partial charge in [0.15, 0.2) is 0 Å². The molecule has 4 N–H and O–H groups in total. The number of aliphatic carboxylic acids is 1. The Bertz CT molecular complexity index is 440. The Labute approximate surface area is 132 Å². The first-order valence-corrected chi connectivity index (χ1v) is 6.51. The summed E-state index contributed by atoms with van der Waals surface area (Å²) in [4.78, 5) is 32.4. The molecule has 0 saturated carbocycles. The first-order valence-electron chi connectivity index (χ1n) is 6.51. The molecule has 10 heteroatoms. The van der Waals surface area contributed by atoms with Crippen LogP contribution in [0.15, 0.2) is 0 Å². The van der Waals surface area contributed by atoms with Gasteiger partial charge in [-0.2, -0.15) is 13.2 Å². The van der Waals surface area contributed by atoms with Crippen molar-refractivity contribution in [3.8, 4) is 0 Å². The second-order valence-electron chi connectivity index (χ2n) is 6.19. The Morgan fingerprint density at radius 2 is 1.43 bits per heavy atom. The van der Waals surface area contributed by atoms with Crippen LogP contribution < -0.4 is 11.1 Å². The largest absolute Gasteiger partial charge is 0.490 e. The Morgan fingerprint density at radius 1 is 1.09 bits per heavy atom. The molecule has 0 bridgehead atoms. The molecule has 136 valence electrons. The molecule has 0 aromatic heterocycles. The fraction of sp³-hybridized carbons (Fsp3) is 0.769. The fourth-order valence-corrected chi connectivity index (χ4v) is 0.886. The molecular formula is C13H23F3N2O5. The zero-order chi connectivity index (χ0) is 19.2. The molecule has 1 unspecified atom stereocenters. The minimum absolute atomic E-state index is 0.434. The summed E-state index contributed by atoms with van der Waals surface area (Å²) >= 11 is 0. The van der Waals surface area contributed by atoms with Gasteiger partial charge in [0.2, 0.25) is 5.91 Å². The first kappa shape index (κ1) is 23.4. The van der Waals surface area contributed by atoms with Crippen LogP contribution in [0.5, 0.6) is 0 Å². The number of rotatable bonds is 3. The van der Waals surface area contributed by atoms with Gasteiger partial charge in [0.1, 0.15) is 11.0 Å². The number of nitrogens with two attached hydrogens (primary N) is 1. The Morgan fingerprint density at radius 3 is 1.65 bits per heavy atom. The second-order valence-corrected chi connectivity index (χ2v) is 6.19. The number of esters is 1. The molecule has 0 fully saturated rings. The van der Waals surface area contributed by atoms with Gasteiger partial charge < -0.3 is 20.9 Å². The van der Waals surface area contributed by atoms with Gasteiger partial charge in [0.25, 0.3) is 0 Å². The van der Waals surface area contributed by atoms with Crippen LogP contribution >= 0.6 is 0 Å². The number of hydrogen-bond donors (Lipinski definition) is 3. The normalized spacial score (nSPS) is 13.3. The molecule has 1 atom stereocenters. The first-order chi connectivity index (χ1) is 9.91. The lowest BCUT2D eigenvalue weighted by Crippen LogP contribution is -2.50. The SMILES string of the molecule is CC(N)NC(=O)C(C)(C)C(=O)OC(C)(C)C.O=C(O)C(F)(F)F. The van der Waals surface area contributed by atoms with Crippen LogP contribution in [-0.2, 0) is 19.1 Å². The van der Waals surface area contributed by atoms with Crippen molar-refractivity contribution >= 4 is 17.8 Å². The van der Waals surface area contributed by atoms with Crippen molar-refractivity contribution in [2.45, 2.75) is 59.5 Å². The van der Waals surface area contributed by atoms with Crippen molar-refractivity contribution in [3.05, 3.63) is 0 Å². The average Bonchev–Trinajstić information content (AvgIpc) is 2.24. The summed E-state index contributed by atoms with van der Waals surface area (Å²) in [6.07, 6.45) is -5.57. The van der Waals surface area contributed by atoms with Gasteiger partial charge in [-0.05, 0) is 41.5 Å². The Hall–Kier alpha value is -1.84. The predicted molar refractivity (Wildman–Crippen MR) is 75.1 cm³/mol. The quantitative estimate of drug-likeness (QED) is 0.405. The number of carboxylic acids is 1. The summed E-state index contributed by atoms with van der Waals surface area (Å²) in [5, 5.41) is 9.61. The summed E-state index contributed by atoms with van der Waals surface area (Å²) in [7, 11) is 0. The number of carbonyl (C=O) groups is 3. The lowest BCUT2D eigenvalue weighted by atomic mass is 9.92. The monoisotopic (exact) mass is 344 g/mol. The summed E-state index contributed by atoms with van der Waals surface area (Å²) in [5.74, 6) is -3.75. The number of amides is 1. The Balaban J connectivity index is 0. The van der Waals surface area contributed by atoms with Gasteiger partial charge in [-0.3, -0.25) is 9.59 Å². The molecule has 1 amide bonds. The third-order valence-corrected chi connectivity index (χ3v) is 2.08. The fourth-order valence-electron chi connectivity index (χ4n) is 0.886. The van der Waals surface area contributed by atoms with Gasteiger partial charge in [0, 0.05) is 0 Å². The number of carbonyl (C=O) groups excluding carboxylic acids is 2. The topological polar surface area (TPSA) is 119 Å². The van der Waals surface area contributed by atoms with E-state index in [1.165, 1.54) is 13.8 Å². The Kier molecular flexibility index (Phi) is 8.29. The van der Waals surface area contributed by atoms with E-state index in [1.54, 1.807) is 27.7 Å². The molecule has 0 saturated heterocycles. The van der Waals surface area contributed by atoms with E-state index in [2.05, 4.69) is 5.32 Å². The zero-order valence-electron chi connectivity index (χ0n) is 13.9. The molecule has 0 aromatic rings. The van der Waals surface area contributed by atoms with Crippen LogP contribution in [0.2, 0.25) is 0 Å². The number of nitrogens with one attached hydrogen (secondary N) is 1. The van der Waals surface area contributed by atoms with E-state index in [0.717, 1.165) is 0 Å². The minimum Gasteiger partial charge on any atom is -0.475 e. The second kappa shape index (κ2) is 8.14. The maximum absolute atomic E-state index is 11.8. The highest BCUT2D eigenvalue weighted by molar-refractivity contribution is 6.02. The standard InChI is InChI=1S/C11H22N2O3.C2HF3O2/c1-7(12)13-8(14)11(5,6)9(15)16-10(2,3)4;3-2(4,5)1(6)7/h7H,12H2,1-6H3,(H,13,14);(H,6,7). The van der Waals surface area contributed by atoms with Gasteiger partial charge in [-0.25, -0.2) is 4.79 Å². The van der Waals surface area contributed by atoms with Crippen molar-refractivity contribution in [1.82, 2.24) is 5.32 Å². The average molecular weight is 344 g/mol. The molecular weight excluding hydrogens is 321 g/mol. The number of carboxylic acid groups (broad SMARTS) is 1. The molecule has 0 heterocycles. The molecule has 0 aromatic carbocycles. The van der Waals surface area contributed by atoms with Crippen LogP contribution in [0.3, 0.4) is 0 Å². The van der Waals surface area contributed by atoms with E-state index in [4.69, 9.17) is 20.4 Å². The third kappa shape index (κ3) is 10.5. The van der Waals surface area contributed by atoms with Gasteiger partial charge in [-0.1, -0.05) is 0 Å². The molecule has 0 spiro atoms. The molecule has 23 heavy (non-hydrogen) atoms. The highest BCUT2D eigenvalue weighted by Gasteiger charge is 2.40. The smallest absolute Gasteiger partial charge is 0.475 e. The molecule has 0 aliphatic rings. The molecule has 0 rings (SSSR count). The number of halogens is 3. The molecule has 7 nitrogen and oxygen atoms in total. The van der Waals surface area contributed by atoms with E-state index in [0.29, 0.717) is 0 Å². The minimum atomic E-state index is -5.08. The van der Waals surface area contributed by atoms with E-state index in [9.17, 15) is 22.8 Å².